The molecular weight excluding hydrogens is 306 g/mol. The van der Waals surface area contributed by atoms with Crippen LogP contribution < -0.4 is 5.32 Å². The lowest BCUT2D eigenvalue weighted by Gasteiger charge is -2.03. The number of halogens is 1. The van der Waals surface area contributed by atoms with Crippen LogP contribution in [0.1, 0.15) is 10.6 Å². The van der Waals surface area contributed by atoms with Gasteiger partial charge in [0.25, 0.3) is 11.6 Å². The summed E-state index contributed by atoms with van der Waals surface area (Å²) in [5, 5.41) is 19.1. The highest BCUT2D eigenvalue weighted by molar-refractivity contribution is 9.10. The summed E-state index contributed by atoms with van der Waals surface area (Å²) in [5.74, 6) is -0.419. The molecule has 1 aromatic heterocycles. The number of nitro groups is 1. The van der Waals surface area contributed by atoms with E-state index in [4.69, 9.17) is 0 Å². The largest absolute Gasteiger partial charge is 0.319 e. The van der Waals surface area contributed by atoms with E-state index in [1.807, 2.05) is 0 Å². The fourth-order valence-corrected chi connectivity index (χ4v) is 1.76. The molecule has 1 heterocycles. The number of aromatic amines is 1. The van der Waals surface area contributed by atoms with Crippen molar-refractivity contribution < 1.29 is 9.72 Å². The van der Waals surface area contributed by atoms with Crippen LogP contribution in [0.2, 0.25) is 0 Å². The first kappa shape index (κ1) is 12.2. The van der Waals surface area contributed by atoms with Gasteiger partial charge in [-0.3, -0.25) is 20.0 Å². The molecule has 2 N–H and O–H groups in total. The number of rotatable bonds is 3. The number of carbonyl (C=O) groups excluding carboxylic acids is 1. The summed E-state index contributed by atoms with van der Waals surface area (Å²) < 4.78 is 0.280. The van der Waals surface area contributed by atoms with E-state index in [-0.39, 0.29) is 16.0 Å². The lowest BCUT2D eigenvalue weighted by molar-refractivity contribution is -0.385. The predicted octanol–water partition coefficient (Wildman–Crippen LogP) is 1.73. The Morgan fingerprint density at radius 3 is 2.83 bits per heavy atom. The number of nitrogens with one attached hydrogen (secondary N) is 2. The molecule has 0 aliphatic carbocycles. The monoisotopic (exact) mass is 311 g/mol. The predicted molar refractivity (Wildman–Crippen MR) is 65.1 cm³/mol. The van der Waals surface area contributed by atoms with E-state index in [0.717, 1.165) is 0 Å². The summed E-state index contributed by atoms with van der Waals surface area (Å²) in [5.41, 5.74) is 0.335. The molecule has 1 aromatic carbocycles. The fraction of sp³-hybridized carbons (Fsp3) is 0. The van der Waals surface area contributed by atoms with Crippen LogP contribution >= 0.6 is 15.9 Å². The number of nitro benzene ring substituents is 1. The maximum absolute atomic E-state index is 11.6. The molecule has 9 heteroatoms. The zero-order valence-corrected chi connectivity index (χ0v) is 10.3. The van der Waals surface area contributed by atoms with Crippen molar-refractivity contribution in [1.29, 1.82) is 0 Å². The molecule has 0 fully saturated rings. The lowest BCUT2D eigenvalue weighted by atomic mass is 10.3. The second kappa shape index (κ2) is 4.92. The SMILES string of the molecule is O=C(Nc1ccc([N+](=O)[O-])c(Br)c1)c1ncn[nH]1. The van der Waals surface area contributed by atoms with Gasteiger partial charge in [-0.2, -0.15) is 5.10 Å². The summed E-state index contributed by atoms with van der Waals surface area (Å²) in [7, 11) is 0. The van der Waals surface area contributed by atoms with E-state index < -0.39 is 10.8 Å². The van der Waals surface area contributed by atoms with E-state index in [0.29, 0.717) is 5.69 Å². The smallest absolute Gasteiger partial charge is 0.292 e. The minimum atomic E-state index is -0.522. The number of amides is 1. The molecule has 0 spiro atoms. The quantitative estimate of drug-likeness (QED) is 0.661. The molecule has 0 radical (unpaired) electrons. The normalized spacial score (nSPS) is 10.1. The molecule has 0 unspecified atom stereocenters. The Morgan fingerprint density at radius 2 is 2.28 bits per heavy atom. The average Bonchev–Trinajstić information content (AvgIpc) is 2.81. The van der Waals surface area contributed by atoms with Gasteiger partial charge in [-0.25, -0.2) is 4.98 Å². The molecule has 8 nitrogen and oxygen atoms in total. The molecule has 0 aliphatic heterocycles. The average molecular weight is 312 g/mol. The second-order valence-electron chi connectivity index (χ2n) is 3.21. The number of benzene rings is 1. The summed E-state index contributed by atoms with van der Waals surface area (Å²) in [6.07, 6.45) is 1.21. The van der Waals surface area contributed by atoms with Crippen molar-refractivity contribution >= 4 is 33.2 Å². The second-order valence-corrected chi connectivity index (χ2v) is 4.07. The highest BCUT2D eigenvalue weighted by Gasteiger charge is 2.14. The maximum atomic E-state index is 11.6. The Hall–Kier alpha value is -2.29. The highest BCUT2D eigenvalue weighted by atomic mass is 79.9. The number of H-pyrrole nitrogens is 1. The van der Waals surface area contributed by atoms with Crippen molar-refractivity contribution in [3.63, 3.8) is 0 Å². The van der Waals surface area contributed by atoms with E-state index >= 15 is 0 Å². The van der Waals surface area contributed by atoms with Crippen LogP contribution in [0.3, 0.4) is 0 Å². The standard InChI is InChI=1S/C9H6BrN5O3/c10-6-3-5(1-2-7(6)15(17)18)13-9(16)8-11-4-12-14-8/h1-4H,(H,13,16)(H,11,12,14). The van der Waals surface area contributed by atoms with Crippen LogP contribution in [0.25, 0.3) is 0 Å². The molecule has 92 valence electrons. The lowest BCUT2D eigenvalue weighted by Crippen LogP contribution is -2.13. The number of hydrogen-bond donors (Lipinski definition) is 2. The third-order valence-electron chi connectivity index (χ3n) is 2.03. The van der Waals surface area contributed by atoms with E-state index in [1.165, 1.54) is 24.5 Å². The Labute approximate surface area is 109 Å². The van der Waals surface area contributed by atoms with E-state index in [9.17, 15) is 14.9 Å². The van der Waals surface area contributed by atoms with Crippen molar-refractivity contribution in [2.24, 2.45) is 0 Å². The topological polar surface area (TPSA) is 114 Å². The number of aromatic nitrogens is 3. The number of anilines is 1. The molecular formula is C9H6BrN5O3. The molecule has 0 saturated heterocycles. The van der Waals surface area contributed by atoms with Crippen LogP contribution in [-0.4, -0.2) is 26.0 Å². The van der Waals surface area contributed by atoms with Crippen LogP contribution in [-0.2, 0) is 0 Å². The summed E-state index contributed by atoms with van der Waals surface area (Å²) in [6, 6.07) is 4.16. The Morgan fingerprint density at radius 1 is 1.50 bits per heavy atom. The van der Waals surface area contributed by atoms with Gasteiger partial charge < -0.3 is 5.32 Å². The van der Waals surface area contributed by atoms with Gasteiger partial charge in [0, 0.05) is 11.8 Å². The molecule has 18 heavy (non-hydrogen) atoms. The zero-order valence-electron chi connectivity index (χ0n) is 8.75. The molecule has 0 atom stereocenters. The molecule has 2 rings (SSSR count). The fourth-order valence-electron chi connectivity index (χ4n) is 1.24. The van der Waals surface area contributed by atoms with Crippen LogP contribution in [0.5, 0.6) is 0 Å². The van der Waals surface area contributed by atoms with Gasteiger partial charge in [0.2, 0.25) is 5.82 Å². The minimum Gasteiger partial charge on any atom is -0.319 e. The number of nitrogens with zero attached hydrogens (tertiary/aromatic N) is 3. The highest BCUT2D eigenvalue weighted by Crippen LogP contribution is 2.27. The molecule has 0 bridgehead atoms. The Bertz CT molecular complexity index is 598. The van der Waals surface area contributed by atoms with Crippen molar-refractivity contribution in [3.8, 4) is 0 Å². The summed E-state index contributed by atoms with van der Waals surface area (Å²) in [4.78, 5) is 25.4. The van der Waals surface area contributed by atoms with E-state index in [1.54, 1.807) is 0 Å². The zero-order chi connectivity index (χ0) is 13.1. The van der Waals surface area contributed by atoms with Crippen LogP contribution in [0.15, 0.2) is 29.0 Å². The maximum Gasteiger partial charge on any atom is 0.292 e. The van der Waals surface area contributed by atoms with Gasteiger partial charge >= 0.3 is 0 Å². The van der Waals surface area contributed by atoms with Gasteiger partial charge in [-0.1, -0.05) is 0 Å². The first-order chi connectivity index (χ1) is 8.58. The third kappa shape index (κ3) is 2.51. The van der Waals surface area contributed by atoms with Crippen LogP contribution in [0.4, 0.5) is 11.4 Å². The van der Waals surface area contributed by atoms with Crippen LogP contribution in [0, 0.1) is 10.1 Å². The summed E-state index contributed by atoms with van der Waals surface area (Å²) >= 11 is 3.06. The van der Waals surface area contributed by atoms with Gasteiger partial charge in [0.05, 0.1) is 9.40 Å². The molecule has 1 amide bonds. The number of carbonyl (C=O) groups is 1. The van der Waals surface area contributed by atoms with Gasteiger partial charge in [-0.05, 0) is 28.1 Å². The van der Waals surface area contributed by atoms with E-state index in [2.05, 4.69) is 36.4 Å². The third-order valence-corrected chi connectivity index (χ3v) is 2.67. The van der Waals surface area contributed by atoms with Crippen molar-refractivity contribution in [3.05, 3.63) is 44.9 Å². The van der Waals surface area contributed by atoms with Crippen molar-refractivity contribution in [2.75, 3.05) is 5.32 Å². The number of hydrogen-bond acceptors (Lipinski definition) is 5. The van der Waals surface area contributed by atoms with Gasteiger partial charge in [0.15, 0.2) is 0 Å². The first-order valence-corrected chi connectivity index (χ1v) is 5.48. The summed E-state index contributed by atoms with van der Waals surface area (Å²) in [6.45, 7) is 0. The molecule has 0 aliphatic rings. The molecule has 2 aromatic rings. The van der Waals surface area contributed by atoms with Gasteiger partial charge in [-0.15, -0.1) is 0 Å². The Balaban J connectivity index is 2.18. The van der Waals surface area contributed by atoms with Gasteiger partial charge in [0.1, 0.15) is 6.33 Å². The van der Waals surface area contributed by atoms with Crippen molar-refractivity contribution in [1.82, 2.24) is 15.2 Å². The molecule has 0 saturated carbocycles. The minimum absolute atomic E-state index is 0.0597. The van der Waals surface area contributed by atoms with Crippen molar-refractivity contribution in [2.45, 2.75) is 0 Å². The first-order valence-electron chi connectivity index (χ1n) is 4.68. The Kier molecular flexibility index (Phi) is 3.33.